The van der Waals surface area contributed by atoms with Gasteiger partial charge in [0.25, 0.3) is 0 Å². The monoisotopic (exact) mass is 1150 g/mol. The van der Waals surface area contributed by atoms with E-state index < -0.39 is 16.4 Å². The molecule has 2 aliphatic heterocycles. The van der Waals surface area contributed by atoms with Gasteiger partial charge in [0.05, 0.1) is 22.0 Å². The smallest absolute Gasteiger partial charge is 0.137 e. The molecule has 18 rings (SSSR count). The first-order valence-corrected chi connectivity index (χ1v) is 31.9. The van der Waals surface area contributed by atoms with Gasteiger partial charge in [-0.15, -0.1) is 0 Å². The van der Waals surface area contributed by atoms with Gasteiger partial charge in [0.2, 0.25) is 0 Å². The summed E-state index contributed by atoms with van der Waals surface area (Å²) in [6.45, 7) is 10.2. The van der Waals surface area contributed by atoms with Gasteiger partial charge in [0.1, 0.15) is 11.2 Å². The Balaban J connectivity index is 0.989. The van der Waals surface area contributed by atoms with Crippen molar-refractivity contribution in [2.24, 2.45) is 11.8 Å². The van der Waals surface area contributed by atoms with Gasteiger partial charge in [-0.1, -0.05) is 250 Å². The van der Waals surface area contributed by atoms with Crippen LogP contribution in [-0.2, 0) is 10.8 Å². The third-order valence-electron chi connectivity index (χ3n) is 21.2. The third-order valence-corrected chi connectivity index (χ3v) is 21.2. The zero-order valence-electron chi connectivity index (χ0n) is 50.8. The zero-order valence-corrected chi connectivity index (χ0v) is 50.8. The van der Waals surface area contributed by atoms with Gasteiger partial charge < -0.3 is 14.2 Å². The van der Waals surface area contributed by atoms with Gasteiger partial charge >= 0.3 is 0 Å². The molecule has 0 fully saturated rings. The van der Waals surface area contributed by atoms with E-state index in [-0.39, 0.29) is 11.8 Å². The van der Waals surface area contributed by atoms with Crippen molar-refractivity contribution in [3.63, 3.8) is 0 Å². The van der Waals surface area contributed by atoms with E-state index in [1.807, 2.05) is 0 Å². The second-order valence-electron chi connectivity index (χ2n) is 25.7. The van der Waals surface area contributed by atoms with Crippen LogP contribution in [0.4, 0.5) is 22.7 Å². The molecular formula is C87H64N2O. The van der Waals surface area contributed by atoms with Crippen LogP contribution in [0.3, 0.4) is 0 Å². The lowest BCUT2D eigenvalue weighted by Gasteiger charge is -2.55. The van der Waals surface area contributed by atoms with Gasteiger partial charge in [-0.3, -0.25) is 0 Å². The fraction of sp³-hybridized carbons (Fsp3) is 0.103. The van der Waals surface area contributed by atoms with E-state index in [0.29, 0.717) is 0 Å². The standard InChI is InChI=1S/C87H64N2O/c1-55-79(70-39-23-41-73-80(70)69-38-17-19-40-72(69)87(73,64-33-21-31-61(51-64)58-27-11-6-12-28-58)65-34-22-32-62(52-65)59-29-13-7-14-30-59)84-56(2)82-83(55)86(4)74(68-37-18-20-42-75(68)89(86)67-35-15-8-16-36-67)54-85(82,3)63-47-50-77-71(53-63)81-76(43-24-44-78(81)90-77)88(84)66-48-45-60(46-49-66)57-25-9-5-10-26-57/h5-56H,1-4H3. The minimum Gasteiger partial charge on any atom is -0.456 e. The topological polar surface area (TPSA) is 19.6 Å². The lowest BCUT2D eigenvalue weighted by Crippen LogP contribution is -2.52. The van der Waals surface area contributed by atoms with Crippen LogP contribution in [-0.4, -0.2) is 5.54 Å². The molecule has 3 heteroatoms. The molecule has 428 valence electrons. The second-order valence-corrected chi connectivity index (χ2v) is 25.7. The largest absolute Gasteiger partial charge is 0.456 e. The molecule has 3 nitrogen and oxygen atoms in total. The maximum atomic E-state index is 7.03. The SMILES string of the molecule is CC1C2=C(c3cccc4c3-c3ccccc3C4(c3cccc(-c4ccccc4)c3)c3cccc(-c4ccccc4)c3)C(C)C3=C1C(C)(C=C1c4ccccc4N(c4ccccc4)C13C)c1ccc3oc4cccc(c4c3c1)N2c1ccc(-c2ccccc2)cc1. The van der Waals surface area contributed by atoms with E-state index >= 15 is 0 Å². The van der Waals surface area contributed by atoms with E-state index in [0.717, 1.165) is 33.3 Å². The van der Waals surface area contributed by atoms with Gasteiger partial charge in [-0.05, 0) is 181 Å². The van der Waals surface area contributed by atoms with Crippen molar-refractivity contribution in [1.29, 1.82) is 0 Å². The first kappa shape index (κ1) is 52.4. The summed E-state index contributed by atoms with van der Waals surface area (Å²) in [5.74, 6) is -0.281. The van der Waals surface area contributed by atoms with Crippen molar-refractivity contribution in [1.82, 2.24) is 0 Å². The first-order chi connectivity index (χ1) is 44.2. The van der Waals surface area contributed by atoms with Crippen molar-refractivity contribution < 1.29 is 4.42 Å². The molecule has 13 aromatic rings. The van der Waals surface area contributed by atoms with Crippen LogP contribution in [0.5, 0.6) is 0 Å². The Morgan fingerprint density at radius 1 is 0.378 bits per heavy atom. The lowest BCUT2D eigenvalue weighted by molar-refractivity contribution is 0.496. The minimum atomic E-state index is -0.737. The number of nitrogens with zero attached hydrogens (tertiary/aromatic N) is 2. The molecule has 0 saturated heterocycles. The Morgan fingerprint density at radius 2 is 0.911 bits per heavy atom. The highest BCUT2D eigenvalue weighted by Gasteiger charge is 2.59. The van der Waals surface area contributed by atoms with Gasteiger partial charge in [0.15, 0.2) is 0 Å². The van der Waals surface area contributed by atoms with Gasteiger partial charge in [-0.2, -0.15) is 0 Å². The van der Waals surface area contributed by atoms with E-state index in [9.17, 15) is 0 Å². The van der Waals surface area contributed by atoms with Crippen LogP contribution in [0.25, 0.3) is 77.6 Å². The fourth-order valence-corrected chi connectivity index (χ4v) is 17.5. The van der Waals surface area contributed by atoms with E-state index in [2.05, 4.69) is 341 Å². The molecular weight excluding hydrogens is 1090 g/mol. The number of hydrogen-bond donors (Lipinski definition) is 0. The van der Waals surface area contributed by atoms with Crippen LogP contribution < -0.4 is 9.80 Å². The number of hydrogen-bond acceptors (Lipinski definition) is 3. The van der Waals surface area contributed by atoms with Gasteiger partial charge in [0, 0.05) is 51.0 Å². The summed E-state index contributed by atoms with van der Waals surface area (Å²) >= 11 is 0. The average molecular weight is 1150 g/mol. The molecule has 4 unspecified atom stereocenters. The predicted molar refractivity (Wildman–Crippen MR) is 373 cm³/mol. The van der Waals surface area contributed by atoms with Gasteiger partial charge in [-0.25, -0.2) is 0 Å². The minimum absolute atomic E-state index is 0.136. The highest BCUT2D eigenvalue weighted by molar-refractivity contribution is 6.14. The highest BCUT2D eigenvalue weighted by Crippen LogP contribution is 2.68. The zero-order chi connectivity index (χ0) is 60.0. The number of fused-ring (bicyclic) bond motifs is 10. The molecule has 3 aliphatic carbocycles. The summed E-state index contributed by atoms with van der Waals surface area (Å²) < 4.78 is 7.03. The van der Waals surface area contributed by atoms with Crippen molar-refractivity contribution in [2.75, 3.05) is 9.80 Å². The molecule has 0 amide bonds. The Kier molecular flexibility index (Phi) is 11.4. The fourth-order valence-electron chi connectivity index (χ4n) is 17.5. The Morgan fingerprint density at radius 3 is 1.59 bits per heavy atom. The molecule has 0 spiro atoms. The van der Waals surface area contributed by atoms with Crippen molar-refractivity contribution in [2.45, 2.75) is 44.1 Å². The molecule has 0 N–H and O–H groups in total. The Hall–Kier alpha value is -10.7. The summed E-state index contributed by atoms with van der Waals surface area (Å²) in [6, 6.07) is 112. The van der Waals surface area contributed by atoms with Crippen LogP contribution in [0.2, 0.25) is 0 Å². The Bertz CT molecular complexity index is 5100. The number of allylic oxidation sites excluding steroid dienone is 3. The molecule has 12 aromatic carbocycles. The molecule has 5 aliphatic rings. The molecule has 4 bridgehead atoms. The Labute approximate surface area is 526 Å². The highest BCUT2D eigenvalue weighted by atomic mass is 16.3. The quantitative estimate of drug-likeness (QED) is 0.141. The summed E-state index contributed by atoms with van der Waals surface area (Å²) in [5, 5.41) is 2.23. The van der Waals surface area contributed by atoms with Crippen molar-refractivity contribution in [3.05, 3.63) is 359 Å². The normalized spacial score (nSPS) is 19.9. The molecule has 0 radical (unpaired) electrons. The number of rotatable bonds is 8. The summed E-state index contributed by atoms with van der Waals surface area (Å²) in [6.07, 6.45) is 2.68. The van der Waals surface area contributed by atoms with Crippen LogP contribution >= 0.6 is 0 Å². The molecule has 0 saturated carbocycles. The number of para-hydroxylation sites is 2. The lowest BCUT2D eigenvalue weighted by atomic mass is 9.54. The van der Waals surface area contributed by atoms with E-state index in [1.54, 1.807) is 0 Å². The van der Waals surface area contributed by atoms with Crippen LogP contribution in [0, 0.1) is 11.8 Å². The predicted octanol–water partition coefficient (Wildman–Crippen LogP) is 22.4. The van der Waals surface area contributed by atoms with E-state index in [4.69, 9.17) is 4.42 Å². The first-order valence-electron chi connectivity index (χ1n) is 31.9. The molecule has 4 atom stereocenters. The van der Waals surface area contributed by atoms with E-state index in [1.165, 1.54) is 123 Å². The molecule has 90 heavy (non-hydrogen) atoms. The van der Waals surface area contributed by atoms with Crippen molar-refractivity contribution >= 4 is 55.8 Å². The molecule has 3 heterocycles. The molecule has 1 aromatic heterocycles. The summed E-state index contributed by atoms with van der Waals surface area (Å²) in [5.41, 5.74) is 29.7. The number of benzene rings is 12. The second kappa shape index (κ2) is 19.6. The van der Waals surface area contributed by atoms with Crippen LogP contribution in [0.1, 0.15) is 66.6 Å². The van der Waals surface area contributed by atoms with Crippen molar-refractivity contribution in [3.8, 4) is 44.5 Å². The van der Waals surface area contributed by atoms with Crippen LogP contribution in [0.15, 0.2) is 325 Å². The maximum Gasteiger partial charge on any atom is 0.137 e. The maximum absolute atomic E-state index is 7.03. The number of furan rings is 1. The average Bonchev–Trinajstić information content (AvgIpc) is 1.42. The summed E-state index contributed by atoms with van der Waals surface area (Å²) in [4.78, 5) is 5.36. The number of anilines is 4. The summed E-state index contributed by atoms with van der Waals surface area (Å²) in [7, 11) is 0. The third kappa shape index (κ3) is 7.23.